The fourth-order valence-electron chi connectivity index (χ4n) is 6.24. The van der Waals surface area contributed by atoms with Gasteiger partial charge in [-0.15, -0.1) is 11.3 Å². The molecule has 0 bridgehead atoms. The quantitative estimate of drug-likeness (QED) is 0.381. The van der Waals surface area contributed by atoms with Gasteiger partial charge in [-0.3, -0.25) is 14.6 Å². The zero-order chi connectivity index (χ0) is 26.5. The average Bonchev–Trinajstić information content (AvgIpc) is 3.55. The minimum absolute atomic E-state index is 0.159. The van der Waals surface area contributed by atoms with Crippen molar-refractivity contribution in [2.75, 3.05) is 57.4 Å². The number of H-pyrrole nitrogens is 1. The minimum Gasteiger partial charge on any atom is -0.378 e. The SMILES string of the molecule is NC(=O)[C@@H]1CN(Cc2cc3nc(-c4c(F)ccc5[nH]ccc45)nc(N4CCOCC4)c3s2)CC[C@H]1N1CCC1. The van der Waals surface area contributed by atoms with Crippen LogP contribution in [-0.2, 0) is 16.1 Å². The van der Waals surface area contributed by atoms with Gasteiger partial charge in [0, 0.05) is 60.7 Å². The summed E-state index contributed by atoms with van der Waals surface area (Å²) in [4.78, 5) is 33.5. The second-order valence-corrected chi connectivity index (χ2v) is 11.9. The zero-order valence-electron chi connectivity index (χ0n) is 21.7. The van der Waals surface area contributed by atoms with Crippen molar-refractivity contribution in [2.24, 2.45) is 11.7 Å². The molecule has 39 heavy (non-hydrogen) atoms. The highest BCUT2D eigenvalue weighted by molar-refractivity contribution is 7.19. The third-order valence-corrected chi connectivity index (χ3v) is 9.49. The van der Waals surface area contributed by atoms with Crippen LogP contribution in [0.15, 0.2) is 30.5 Å². The lowest BCUT2D eigenvalue weighted by atomic mass is 9.88. The Bertz CT molecular complexity index is 1530. The van der Waals surface area contributed by atoms with E-state index in [4.69, 9.17) is 20.4 Å². The predicted octanol–water partition coefficient (Wildman–Crippen LogP) is 3.20. The first-order chi connectivity index (χ1) is 19.0. The summed E-state index contributed by atoms with van der Waals surface area (Å²) in [5.74, 6) is 0.508. The number of likely N-dealkylation sites (tertiary alicyclic amines) is 2. The van der Waals surface area contributed by atoms with Gasteiger partial charge in [-0.05, 0) is 50.2 Å². The number of hydrogen-bond acceptors (Lipinski definition) is 8. The molecule has 3 saturated heterocycles. The number of benzene rings is 1. The molecule has 3 aliphatic rings. The van der Waals surface area contributed by atoms with Crippen LogP contribution in [0.25, 0.3) is 32.5 Å². The molecule has 204 valence electrons. The van der Waals surface area contributed by atoms with Gasteiger partial charge in [0.25, 0.3) is 0 Å². The smallest absolute Gasteiger partial charge is 0.223 e. The standard InChI is InChI=1S/C28H32FN7O2S/c29-20-2-3-21-18(4-6-31-21)24(20)27-32-22-14-17(39-25(22)28(33-27)36-10-12-38-13-11-36)15-34-9-5-23(35-7-1-8-35)19(16-34)26(30)37/h2-4,6,14,19,23,31H,1,5,7-13,15-16H2,(H2,30,37)/t19-,23-/m1/s1. The number of aromatic nitrogens is 3. The first-order valence-electron chi connectivity index (χ1n) is 13.7. The molecule has 0 radical (unpaired) electrons. The molecular formula is C28H32FN7O2S. The molecule has 9 nitrogen and oxygen atoms in total. The molecule has 3 aliphatic heterocycles. The Morgan fingerprint density at radius 2 is 2.00 bits per heavy atom. The Morgan fingerprint density at radius 1 is 1.15 bits per heavy atom. The number of aromatic amines is 1. The van der Waals surface area contributed by atoms with E-state index in [9.17, 15) is 4.79 Å². The molecule has 4 aromatic rings. The second kappa shape index (κ2) is 10.1. The molecular weight excluding hydrogens is 517 g/mol. The van der Waals surface area contributed by atoms with E-state index in [-0.39, 0.29) is 23.7 Å². The van der Waals surface area contributed by atoms with Gasteiger partial charge in [0.1, 0.15) is 5.82 Å². The van der Waals surface area contributed by atoms with Gasteiger partial charge in [0.05, 0.1) is 34.9 Å². The van der Waals surface area contributed by atoms with Gasteiger partial charge in [-0.25, -0.2) is 14.4 Å². The molecule has 0 aliphatic carbocycles. The summed E-state index contributed by atoms with van der Waals surface area (Å²) < 4.78 is 21.8. The number of fused-ring (bicyclic) bond motifs is 2. The predicted molar refractivity (Wildman–Crippen MR) is 150 cm³/mol. The fraction of sp³-hybridized carbons (Fsp3) is 0.464. The molecule has 1 aromatic carbocycles. The summed E-state index contributed by atoms with van der Waals surface area (Å²) in [6.07, 6.45) is 3.95. The molecule has 6 heterocycles. The van der Waals surface area contributed by atoms with E-state index in [0.717, 1.165) is 77.5 Å². The van der Waals surface area contributed by atoms with Crippen LogP contribution in [0.2, 0.25) is 0 Å². The number of carbonyl (C=O) groups is 1. The topological polar surface area (TPSA) is 104 Å². The summed E-state index contributed by atoms with van der Waals surface area (Å²) in [7, 11) is 0. The Labute approximate surface area is 229 Å². The van der Waals surface area contributed by atoms with Gasteiger partial charge in [-0.2, -0.15) is 0 Å². The Balaban J connectivity index is 1.24. The van der Waals surface area contributed by atoms with Crippen molar-refractivity contribution >= 4 is 44.2 Å². The van der Waals surface area contributed by atoms with E-state index < -0.39 is 0 Å². The normalized spacial score (nSPS) is 22.9. The maximum absolute atomic E-state index is 15.2. The van der Waals surface area contributed by atoms with Gasteiger partial charge in [0.15, 0.2) is 11.6 Å². The number of morpholine rings is 1. The highest BCUT2D eigenvalue weighted by atomic mass is 32.1. The average molecular weight is 550 g/mol. The van der Waals surface area contributed by atoms with E-state index in [2.05, 4.69) is 25.8 Å². The second-order valence-electron chi connectivity index (χ2n) is 10.7. The Morgan fingerprint density at radius 3 is 2.77 bits per heavy atom. The first-order valence-corrected chi connectivity index (χ1v) is 14.5. The molecule has 2 atom stereocenters. The molecule has 0 spiro atoms. The number of amides is 1. The van der Waals surface area contributed by atoms with Gasteiger partial charge in [0.2, 0.25) is 5.91 Å². The maximum atomic E-state index is 15.2. The van der Waals surface area contributed by atoms with Crippen LogP contribution < -0.4 is 10.6 Å². The van der Waals surface area contributed by atoms with Crippen molar-refractivity contribution in [3.63, 3.8) is 0 Å². The number of rotatable bonds is 6. The molecule has 7 rings (SSSR count). The number of nitrogens with one attached hydrogen (secondary N) is 1. The lowest BCUT2D eigenvalue weighted by molar-refractivity contribution is -0.127. The van der Waals surface area contributed by atoms with Crippen LogP contribution in [0.4, 0.5) is 10.2 Å². The first kappa shape index (κ1) is 24.9. The Kier molecular flexibility index (Phi) is 6.46. The van der Waals surface area contributed by atoms with Crippen LogP contribution in [0.3, 0.4) is 0 Å². The fourth-order valence-corrected chi connectivity index (χ4v) is 7.39. The van der Waals surface area contributed by atoms with Crippen LogP contribution in [0, 0.1) is 11.7 Å². The highest BCUT2D eigenvalue weighted by Crippen LogP contribution is 2.38. The number of thiophene rings is 1. The number of anilines is 1. The number of halogens is 1. The number of primary amides is 1. The lowest BCUT2D eigenvalue weighted by Gasteiger charge is -2.46. The molecule has 11 heteroatoms. The monoisotopic (exact) mass is 549 g/mol. The number of ether oxygens (including phenoxy) is 1. The summed E-state index contributed by atoms with van der Waals surface area (Å²) >= 11 is 1.68. The number of hydrogen-bond donors (Lipinski definition) is 2. The van der Waals surface area contributed by atoms with Crippen LogP contribution in [0.5, 0.6) is 0 Å². The summed E-state index contributed by atoms with van der Waals surface area (Å²) in [6.45, 7) is 7.13. The molecule has 3 fully saturated rings. The van der Waals surface area contributed by atoms with Crippen molar-refractivity contribution in [1.29, 1.82) is 0 Å². The zero-order valence-corrected chi connectivity index (χ0v) is 22.6. The molecule has 0 unspecified atom stereocenters. The molecule has 3 N–H and O–H groups in total. The van der Waals surface area contributed by atoms with Crippen molar-refractivity contribution in [1.82, 2.24) is 24.8 Å². The third-order valence-electron chi connectivity index (χ3n) is 8.39. The maximum Gasteiger partial charge on any atom is 0.223 e. The lowest BCUT2D eigenvalue weighted by Crippen LogP contribution is -2.58. The summed E-state index contributed by atoms with van der Waals surface area (Å²) in [6, 6.07) is 7.43. The van der Waals surface area contributed by atoms with E-state index in [1.165, 1.54) is 12.5 Å². The molecule has 3 aromatic heterocycles. The van der Waals surface area contributed by atoms with Crippen molar-refractivity contribution < 1.29 is 13.9 Å². The summed E-state index contributed by atoms with van der Waals surface area (Å²) in [5, 5.41) is 0.764. The Hall–Kier alpha value is -3.12. The largest absolute Gasteiger partial charge is 0.378 e. The summed E-state index contributed by atoms with van der Waals surface area (Å²) in [5.41, 5.74) is 7.93. The van der Waals surface area contributed by atoms with Gasteiger partial charge < -0.3 is 20.4 Å². The number of nitrogens with zero attached hydrogens (tertiary/aromatic N) is 5. The van der Waals surface area contributed by atoms with Crippen molar-refractivity contribution in [3.05, 3.63) is 41.2 Å². The van der Waals surface area contributed by atoms with Crippen LogP contribution in [0.1, 0.15) is 17.7 Å². The van der Waals surface area contributed by atoms with Crippen LogP contribution in [-0.4, -0.2) is 89.2 Å². The number of carbonyl (C=O) groups excluding carboxylic acids is 1. The van der Waals surface area contributed by atoms with E-state index in [1.54, 1.807) is 17.4 Å². The van der Waals surface area contributed by atoms with Crippen molar-refractivity contribution in [3.8, 4) is 11.4 Å². The minimum atomic E-state index is -0.340. The van der Waals surface area contributed by atoms with E-state index in [1.807, 2.05) is 12.3 Å². The molecule has 0 saturated carbocycles. The molecule has 1 amide bonds. The number of nitrogens with two attached hydrogens (primary N) is 1. The third kappa shape index (κ3) is 4.57. The van der Waals surface area contributed by atoms with Gasteiger partial charge in [-0.1, -0.05) is 0 Å². The highest BCUT2D eigenvalue weighted by Gasteiger charge is 2.38. The van der Waals surface area contributed by atoms with Crippen LogP contribution >= 0.6 is 11.3 Å². The van der Waals surface area contributed by atoms with E-state index in [0.29, 0.717) is 31.1 Å². The van der Waals surface area contributed by atoms with E-state index >= 15 is 4.39 Å². The van der Waals surface area contributed by atoms with Crippen molar-refractivity contribution in [2.45, 2.75) is 25.4 Å². The van der Waals surface area contributed by atoms with Gasteiger partial charge >= 0.3 is 0 Å². The number of piperidine rings is 1.